The summed E-state index contributed by atoms with van der Waals surface area (Å²) in [4.78, 5) is 14.3. The van der Waals surface area contributed by atoms with Crippen molar-refractivity contribution in [3.05, 3.63) is 59.2 Å². The molecule has 2 aromatic rings. The molecule has 27 heavy (non-hydrogen) atoms. The van der Waals surface area contributed by atoms with Crippen LogP contribution < -0.4 is 9.62 Å². The van der Waals surface area contributed by atoms with E-state index < -0.39 is 15.4 Å². The molecule has 1 unspecified atom stereocenters. The second-order valence-electron chi connectivity index (χ2n) is 7.93. The lowest BCUT2D eigenvalue weighted by molar-refractivity contribution is -0.121. The van der Waals surface area contributed by atoms with Crippen LogP contribution in [-0.4, -0.2) is 21.4 Å². The number of benzene rings is 2. The molecule has 1 aliphatic heterocycles. The molecule has 0 saturated carbocycles. The lowest BCUT2D eigenvalue weighted by Gasteiger charge is -2.26. The first-order valence-electron chi connectivity index (χ1n) is 9.24. The molecule has 2 aliphatic rings. The van der Waals surface area contributed by atoms with E-state index in [9.17, 15) is 13.2 Å². The Hall–Kier alpha value is -2.18. The van der Waals surface area contributed by atoms with E-state index in [1.165, 1.54) is 5.56 Å². The van der Waals surface area contributed by atoms with Gasteiger partial charge in [-0.1, -0.05) is 24.3 Å². The number of fused-ring (bicyclic) bond motifs is 2. The van der Waals surface area contributed by atoms with E-state index in [2.05, 4.69) is 10.8 Å². The summed E-state index contributed by atoms with van der Waals surface area (Å²) in [5, 5.41) is 0. The monoisotopic (exact) mass is 384 g/mol. The predicted octanol–water partition coefficient (Wildman–Crippen LogP) is 3.30. The van der Waals surface area contributed by atoms with E-state index in [-0.39, 0.29) is 16.8 Å². The molecule has 0 bridgehead atoms. The van der Waals surface area contributed by atoms with Crippen molar-refractivity contribution in [3.63, 3.8) is 0 Å². The number of aryl methyl sites for hydroxylation is 1. The number of nitrogens with one attached hydrogen (secondary N) is 1. The first kappa shape index (κ1) is 18.2. The summed E-state index contributed by atoms with van der Waals surface area (Å²) >= 11 is 0. The fourth-order valence-corrected chi connectivity index (χ4v) is 5.53. The number of rotatable bonds is 3. The van der Waals surface area contributed by atoms with Gasteiger partial charge < -0.3 is 4.90 Å². The molecule has 0 radical (unpaired) electrons. The molecule has 1 N–H and O–H groups in total. The number of likely N-dealkylation sites (N-methyl/N-ethyl adjacent to an activating group) is 1. The zero-order chi connectivity index (χ0) is 19.4. The maximum atomic E-state index is 13.1. The van der Waals surface area contributed by atoms with Crippen LogP contribution in [0.1, 0.15) is 49.4 Å². The average molecular weight is 385 g/mol. The van der Waals surface area contributed by atoms with Gasteiger partial charge in [0.25, 0.3) is 0 Å². The summed E-state index contributed by atoms with van der Waals surface area (Å²) in [6, 6.07) is 12.7. The Bertz CT molecular complexity index is 1030. The van der Waals surface area contributed by atoms with E-state index in [1.807, 2.05) is 32.0 Å². The van der Waals surface area contributed by atoms with Crippen LogP contribution in [0.3, 0.4) is 0 Å². The Morgan fingerprint density at radius 3 is 2.67 bits per heavy atom. The highest BCUT2D eigenvalue weighted by molar-refractivity contribution is 7.89. The molecule has 6 heteroatoms. The van der Waals surface area contributed by atoms with Crippen molar-refractivity contribution in [3.8, 4) is 0 Å². The Labute approximate surface area is 160 Å². The second kappa shape index (κ2) is 6.17. The fourth-order valence-electron chi connectivity index (χ4n) is 4.25. The van der Waals surface area contributed by atoms with E-state index in [1.54, 1.807) is 30.1 Å². The molecule has 1 aliphatic carbocycles. The largest absolute Gasteiger partial charge is 0.314 e. The first-order chi connectivity index (χ1) is 12.7. The molecule has 0 fully saturated rings. The molecular formula is C21H24N2O3S. The summed E-state index contributed by atoms with van der Waals surface area (Å²) in [6.45, 7) is 3.66. The maximum Gasteiger partial charge on any atom is 0.241 e. The lowest BCUT2D eigenvalue weighted by atomic mass is 9.86. The van der Waals surface area contributed by atoms with Crippen LogP contribution in [0.15, 0.2) is 47.4 Å². The highest BCUT2D eigenvalue weighted by Crippen LogP contribution is 2.42. The van der Waals surface area contributed by atoms with Gasteiger partial charge >= 0.3 is 0 Å². The minimum Gasteiger partial charge on any atom is -0.314 e. The Kier molecular flexibility index (Phi) is 4.16. The number of hydrogen-bond donors (Lipinski definition) is 1. The van der Waals surface area contributed by atoms with Gasteiger partial charge in [0.15, 0.2) is 0 Å². The van der Waals surface area contributed by atoms with E-state index >= 15 is 0 Å². The van der Waals surface area contributed by atoms with Crippen molar-refractivity contribution in [2.75, 3.05) is 11.9 Å². The topological polar surface area (TPSA) is 66.5 Å². The first-order valence-corrected chi connectivity index (χ1v) is 10.7. The van der Waals surface area contributed by atoms with Gasteiger partial charge in [-0.15, -0.1) is 0 Å². The van der Waals surface area contributed by atoms with Crippen molar-refractivity contribution >= 4 is 21.6 Å². The molecule has 142 valence electrons. The van der Waals surface area contributed by atoms with Gasteiger partial charge in [0.2, 0.25) is 15.9 Å². The fraction of sp³-hybridized carbons (Fsp3) is 0.381. The summed E-state index contributed by atoms with van der Waals surface area (Å²) < 4.78 is 29.0. The molecule has 1 heterocycles. The van der Waals surface area contributed by atoms with Crippen molar-refractivity contribution in [2.24, 2.45) is 0 Å². The number of sulfonamides is 1. The molecule has 0 aromatic heterocycles. The minimum absolute atomic E-state index is 0.0267. The van der Waals surface area contributed by atoms with Crippen molar-refractivity contribution in [1.82, 2.24) is 4.72 Å². The van der Waals surface area contributed by atoms with Crippen molar-refractivity contribution < 1.29 is 13.2 Å². The third-order valence-electron chi connectivity index (χ3n) is 5.82. The number of carbonyl (C=O) groups excluding carboxylic acids is 1. The average Bonchev–Trinajstić information content (AvgIpc) is 2.82. The third kappa shape index (κ3) is 2.87. The van der Waals surface area contributed by atoms with Crippen LogP contribution in [0.25, 0.3) is 0 Å². The van der Waals surface area contributed by atoms with Crippen molar-refractivity contribution in [2.45, 2.75) is 49.5 Å². The second-order valence-corrected chi connectivity index (χ2v) is 9.65. The Balaban J connectivity index is 1.69. The smallest absolute Gasteiger partial charge is 0.241 e. The standard InChI is InChI=1S/C21H24N2O3S/c1-21(2)17-13-15(11-12-19(17)23(3)20(21)24)27(25,26)22-18-10-6-8-14-7-4-5-9-16(14)18/h4-5,7,9,11-13,18,22H,6,8,10H2,1-3H3. The number of carbonyl (C=O) groups is 1. The van der Waals surface area contributed by atoms with Gasteiger partial charge in [-0.2, -0.15) is 0 Å². The number of hydrogen-bond acceptors (Lipinski definition) is 3. The zero-order valence-electron chi connectivity index (χ0n) is 15.8. The number of nitrogens with zero attached hydrogens (tertiary/aromatic N) is 1. The van der Waals surface area contributed by atoms with Gasteiger partial charge in [0.1, 0.15) is 0 Å². The quantitative estimate of drug-likeness (QED) is 0.883. The van der Waals surface area contributed by atoms with E-state index in [4.69, 9.17) is 0 Å². The molecule has 0 saturated heterocycles. The highest BCUT2D eigenvalue weighted by Gasteiger charge is 2.42. The van der Waals surface area contributed by atoms with Crippen molar-refractivity contribution in [1.29, 1.82) is 0 Å². The normalized spacial score (nSPS) is 21.1. The highest BCUT2D eigenvalue weighted by atomic mass is 32.2. The number of anilines is 1. The molecule has 0 spiro atoms. The number of amides is 1. The molecule has 1 atom stereocenters. The van der Waals surface area contributed by atoms with E-state index in [0.29, 0.717) is 0 Å². The van der Waals surface area contributed by atoms with Gasteiger partial charge in [-0.25, -0.2) is 13.1 Å². The molecule has 2 aromatic carbocycles. The minimum atomic E-state index is -3.69. The Morgan fingerprint density at radius 2 is 1.89 bits per heavy atom. The van der Waals surface area contributed by atoms with Crippen LogP contribution in [0.4, 0.5) is 5.69 Å². The molecule has 5 nitrogen and oxygen atoms in total. The zero-order valence-corrected chi connectivity index (χ0v) is 16.6. The summed E-state index contributed by atoms with van der Waals surface area (Å²) in [7, 11) is -1.97. The SMILES string of the molecule is CN1C(=O)C(C)(C)c2cc(S(=O)(=O)NC3CCCc4ccccc43)ccc21. The van der Waals surface area contributed by atoms with Crippen LogP contribution in [0, 0.1) is 0 Å². The van der Waals surface area contributed by atoms with Gasteiger partial charge in [0, 0.05) is 18.8 Å². The lowest BCUT2D eigenvalue weighted by Crippen LogP contribution is -2.33. The third-order valence-corrected chi connectivity index (χ3v) is 7.29. The predicted molar refractivity (Wildman–Crippen MR) is 105 cm³/mol. The van der Waals surface area contributed by atoms with E-state index in [0.717, 1.165) is 36.1 Å². The van der Waals surface area contributed by atoms with Gasteiger partial charge in [-0.3, -0.25) is 4.79 Å². The Morgan fingerprint density at radius 1 is 1.15 bits per heavy atom. The van der Waals surface area contributed by atoms with Crippen LogP contribution in [0.2, 0.25) is 0 Å². The summed E-state index contributed by atoms with van der Waals surface area (Å²) in [6.07, 6.45) is 2.73. The van der Waals surface area contributed by atoms with Crippen LogP contribution in [-0.2, 0) is 26.7 Å². The van der Waals surface area contributed by atoms with Crippen LogP contribution >= 0.6 is 0 Å². The summed E-state index contributed by atoms with van der Waals surface area (Å²) in [5.41, 5.74) is 3.06. The molecular weight excluding hydrogens is 360 g/mol. The summed E-state index contributed by atoms with van der Waals surface area (Å²) in [5.74, 6) is -0.0267. The maximum absolute atomic E-state index is 13.1. The van der Waals surface area contributed by atoms with Crippen LogP contribution in [0.5, 0.6) is 0 Å². The molecule has 4 rings (SSSR count). The van der Waals surface area contributed by atoms with Gasteiger partial charge in [0.05, 0.1) is 10.3 Å². The molecule has 1 amide bonds. The van der Waals surface area contributed by atoms with Gasteiger partial charge in [-0.05, 0) is 68.0 Å².